The third kappa shape index (κ3) is 1.09. The molecule has 0 aromatic rings. The van der Waals surface area contributed by atoms with Crippen molar-refractivity contribution in [1.29, 1.82) is 0 Å². The van der Waals surface area contributed by atoms with Gasteiger partial charge in [0.05, 0.1) is 0 Å². The second kappa shape index (κ2) is 2.17. The molecule has 50 valence electrons. The van der Waals surface area contributed by atoms with Crippen LogP contribution in [0.15, 0.2) is 0 Å². The number of amides is 1. The lowest BCUT2D eigenvalue weighted by atomic mass is 9.94. The summed E-state index contributed by atoms with van der Waals surface area (Å²) in [6.07, 6.45) is 1.38. The molecule has 1 saturated heterocycles. The van der Waals surface area contributed by atoms with E-state index in [1.54, 1.807) is 6.92 Å². The first-order chi connectivity index (χ1) is 4.24. The first kappa shape index (κ1) is 6.26. The molecule has 0 radical (unpaired) electrons. The van der Waals surface area contributed by atoms with Crippen LogP contribution in [-0.4, -0.2) is 18.2 Å². The molecule has 0 aromatic heterocycles. The fourth-order valence-electron chi connectivity index (χ4n) is 0.798. The van der Waals surface area contributed by atoms with Crippen LogP contribution in [0.3, 0.4) is 0 Å². The Morgan fingerprint density at radius 1 is 1.89 bits per heavy atom. The summed E-state index contributed by atoms with van der Waals surface area (Å²) in [6, 6.07) is 0.106. The average Bonchev–Trinajstić information content (AvgIpc) is 1.79. The van der Waals surface area contributed by atoms with Crippen LogP contribution in [0.25, 0.3) is 0 Å². The standard InChI is InChI=1S/C6H9NO2/c1-4(3-8)5-2-6(9)7-5/h3-5H,2H2,1H3,(H,7,9)/t4-,5+/m0/s1. The number of rotatable bonds is 2. The third-order valence-electron chi connectivity index (χ3n) is 1.60. The van der Waals surface area contributed by atoms with E-state index in [4.69, 9.17) is 0 Å². The van der Waals surface area contributed by atoms with Gasteiger partial charge in [-0.2, -0.15) is 0 Å². The number of nitrogens with one attached hydrogen (secondary N) is 1. The van der Waals surface area contributed by atoms with Crippen LogP contribution in [0.5, 0.6) is 0 Å². The van der Waals surface area contributed by atoms with Crippen molar-refractivity contribution in [2.75, 3.05) is 0 Å². The molecular formula is C6H9NO2. The lowest BCUT2D eigenvalue weighted by Gasteiger charge is -2.29. The Hall–Kier alpha value is -0.860. The molecule has 2 atom stereocenters. The minimum Gasteiger partial charge on any atom is -0.352 e. The van der Waals surface area contributed by atoms with Crippen molar-refractivity contribution in [1.82, 2.24) is 5.32 Å². The van der Waals surface area contributed by atoms with E-state index in [0.717, 1.165) is 6.29 Å². The smallest absolute Gasteiger partial charge is 0.222 e. The Balaban J connectivity index is 2.30. The Bertz CT molecular complexity index is 136. The van der Waals surface area contributed by atoms with Gasteiger partial charge in [0.1, 0.15) is 6.29 Å². The molecular weight excluding hydrogens is 118 g/mol. The molecule has 1 N–H and O–H groups in total. The minimum atomic E-state index is -0.0253. The van der Waals surface area contributed by atoms with Crippen molar-refractivity contribution >= 4 is 12.2 Å². The quantitative estimate of drug-likeness (QED) is 0.409. The molecule has 1 amide bonds. The van der Waals surface area contributed by atoms with E-state index in [0.29, 0.717) is 6.42 Å². The van der Waals surface area contributed by atoms with E-state index < -0.39 is 0 Å². The van der Waals surface area contributed by atoms with Gasteiger partial charge in [-0.25, -0.2) is 0 Å². The van der Waals surface area contributed by atoms with Gasteiger partial charge in [0.2, 0.25) is 5.91 Å². The highest BCUT2D eigenvalue weighted by Crippen LogP contribution is 2.11. The molecule has 1 rings (SSSR count). The maximum Gasteiger partial charge on any atom is 0.222 e. The molecule has 0 aromatic carbocycles. The topological polar surface area (TPSA) is 46.2 Å². The van der Waals surface area contributed by atoms with E-state index in [1.807, 2.05) is 0 Å². The molecule has 1 aliphatic rings. The van der Waals surface area contributed by atoms with Crippen molar-refractivity contribution in [3.8, 4) is 0 Å². The molecule has 0 saturated carbocycles. The highest BCUT2D eigenvalue weighted by molar-refractivity contribution is 5.84. The molecule has 9 heavy (non-hydrogen) atoms. The highest BCUT2D eigenvalue weighted by atomic mass is 16.2. The molecule has 0 bridgehead atoms. The van der Waals surface area contributed by atoms with Crippen LogP contribution >= 0.6 is 0 Å². The fraction of sp³-hybridized carbons (Fsp3) is 0.667. The first-order valence-electron chi connectivity index (χ1n) is 2.98. The number of carbonyl (C=O) groups is 2. The molecule has 0 aliphatic carbocycles. The van der Waals surface area contributed by atoms with Crippen molar-refractivity contribution in [2.24, 2.45) is 5.92 Å². The fourth-order valence-corrected chi connectivity index (χ4v) is 0.798. The van der Waals surface area contributed by atoms with Crippen LogP contribution in [0.1, 0.15) is 13.3 Å². The van der Waals surface area contributed by atoms with Crippen LogP contribution < -0.4 is 5.32 Å². The van der Waals surface area contributed by atoms with Crippen molar-refractivity contribution in [3.63, 3.8) is 0 Å². The molecule has 0 unspecified atom stereocenters. The first-order valence-corrected chi connectivity index (χ1v) is 2.98. The summed E-state index contributed by atoms with van der Waals surface area (Å²) in [5, 5.41) is 2.62. The largest absolute Gasteiger partial charge is 0.352 e. The van der Waals surface area contributed by atoms with E-state index in [9.17, 15) is 9.59 Å². The lowest BCUT2D eigenvalue weighted by Crippen LogP contribution is -2.52. The summed E-state index contributed by atoms with van der Waals surface area (Å²) in [6.45, 7) is 1.80. The average molecular weight is 127 g/mol. The van der Waals surface area contributed by atoms with Gasteiger partial charge in [-0.05, 0) is 0 Å². The second-order valence-corrected chi connectivity index (χ2v) is 2.37. The van der Waals surface area contributed by atoms with E-state index in [1.165, 1.54) is 0 Å². The Morgan fingerprint density at radius 3 is 2.78 bits per heavy atom. The summed E-state index contributed by atoms with van der Waals surface area (Å²) < 4.78 is 0. The number of aldehydes is 1. The molecule has 0 spiro atoms. The molecule has 1 heterocycles. The predicted molar refractivity (Wildman–Crippen MR) is 31.8 cm³/mol. The third-order valence-corrected chi connectivity index (χ3v) is 1.60. The maximum absolute atomic E-state index is 10.3. The zero-order valence-corrected chi connectivity index (χ0v) is 5.26. The van der Waals surface area contributed by atoms with Gasteiger partial charge < -0.3 is 10.1 Å². The number of β-lactam (4-membered cyclic amide) rings is 1. The normalized spacial score (nSPS) is 28.1. The van der Waals surface area contributed by atoms with Gasteiger partial charge in [-0.15, -0.1) is 0 Å². The maximum atomic E-state index is 10.3. The van der Waals surface area contributed by atoms with Crippen LogP contribution in [0.2, 0.25) is 0 Å². The second-order valence-electron chi connectivity index (χ2n) is 2.37. The zero-order chi connectivity index (χ0) is 6.85. The van der Waals surface area contributed by atoms with Gasteiger partial charge in [-0.1, -0.05) is 6.92 Å². The number of hydrogen-bond acceptors (Lipinski definition) is 2. The SMILES string of the molecule is C[C@@H](C=O)[C@H]1CC(=O)N1. The van der Waals surface area contributed by atoms with Gasteiger partial charge in [0.25, 0.3) is 0 Å². The van der Waals surface area contributed by atoms with Gasteiger partial charge in [0, 0.05) is 18.4 Å². The summed E-state index contributed by atoms with van der Waals surface area (Å²) in [5.41, 5.74) is 0. The minimum absolute atomic E-state index is 0.0253. The summed E-state index contributed by atoms with van der Waals surface area (Å²) in [5.74, 6) is 0.0244. The predicted octanol–water partition coefficient (Wildman–Crippen LogP) is -0.290. The van der Waals surface area contributed by atoms with Crippen molar-refractivity contribution in [3.05, 3.63) is 0 Å². The number of hydrogen-bond donors (Lipinski definition) is 1. The van der Waals surface area contributed by atoms with Gasteiger partial charge in [0.15, 0.2) is 0 Å². The van der Waals surface area contributed by atoms with Crippen molar-refractivity contribution < 1.29 is 9.59 Å². The molecule has 1 aliphatic heterocycles. The number of carbonyl (C=O) groups excluding carboxylic acids is 2. The van der Waals surface area contributed by atoms with Crippen LogP contribution in [0, 0.1) is 5.92 Å². The molecule has 1 fully saturated rings. The molecule has 3 heteroatoms. The monoisotopic (exact) mass is 127 g/mol. The summed E-state index contributed by atoms with van der Waals surface area (Å²) in [4.78, 5) is 20.4. The Labute approximate surface area is 53.4 Å². The van der Waals surface area contributed by atoms with Crippen LogP contribution in [-0.2, 0) is 9.59 Å². The Morgan fingerprint density at radius 2 is 2.44 bits per heavy atom. The van der Waals surface area contributed by atoms with Gasteiger partial charge >= 0.3 is 0 Å². The highest BCUT2D eigenvalue weighted by Gasteiger charge is 2.29. The molecule has 3 nitrogen and oxygen atoms in total. The van der Waals surface area contributed by atoms with Gasteiger partial charge in [-0.3, -0.25) is 4.79 Å². The zero-order valence-electron chi connectivity index (χ0n) is 5.26. The van der Waals surface area contributed by atoms with Crippen LogP contribution in [0.4, 0.5) is 0 Å². The van der Waals surface area contributed by atoms with E-state index >= 15 is 0 Å². The summed E-state index contributed by atoms with van der Waals surface area (Å²) >= 11 is 0. The van der Waals surface area contributed by atoms with E-state index in [-0.39, 0.29) is 17.9 Å². The van der Waals surface area contributed by atoms with Crippen molar-refractivity contribution in [2.45, 2.75) is 19.4 Å². The Kier molecular flexibility index (Phi) is 1.51. The lowest BCUT2D eigenvalue weighted by molar-refractivity contribution is -0.130. The summed E-state index contributed by atoms with van der Waals surface area (Å²) in [7, 11) is 0. The van der Waals surface area contributed by atoms with E-state index in [2.05, 4.69) is 5.32 Å².